The lowest BCUT2D eigenvalue weighted by molar-refractivity contribution is -0.124. The van der Waals surface area contributed by atoms with Crippen LogP contribution in [0.15, 0.2) is 54.6 Å². The Balaban J connectivity index is 1.70. The molecule has 1 fully saturated rings. The van der Waals surface area contributed by atoms with Crippen LogP contribution in [0.5, 0.6) is 0 Å². The van der Waals surface area contributed by atoms with E-state index in [4.69, 9.17) is 0 Å². The number of anilines is 1. The highest BCUT2D eigenvalue weighted by Gasteiger charge is 2.30. The van der Waals surface area contributed by atoms with Crippen LogP contribution in [0, 0.1) is 23.7 Å². The number of carbonyl (C=O) groups is 2. The Labute approximate surface area is 254 Å². The summed E-state index contributed by atoms with van der Waals surface area (Å²) in [6.07, 6.45) is 6.00. The molecular formula is C36H52N4O2. The number of likely N-dealkylation sites (tertiary alicyclic amines) is 1. The Morgan fingerprint density at radius 2 is 1.45 bits per heavy atom. The Morgan fingerprint density at radius 1 is 0.857 bits per heavy atom. The van der Waals surface area contributed by atoms with Crippen LogP contribution in [0.2, 0.25) is 0 Å². The minimum Gasteiger partial charge on any atom is -0.369 e. The summed E-state index contributed by atoms with van der Waals surface area (Å²) in [5.74, 6) is 7.21. The highest BCUT2D eigenvalue weighted by Crippen LogP contribution is 2.21. The van der Waals surface area contributed by atoms with E-state index in [0.717, 1.165) is 68.6 Å². The Kier molecular flexibility index (Phi) is 12.8. The number of hydrogen-bond acceptors (Lipinski definition) is 3. The molecule has 6 heteroatoms. The minimum absolute atomic E-state index is 0.118. The number of rotatable bonds is 11. The molecule has 2 N–H and O–H groups in total. The Morgan fingerprint density at radius 3 is 2.02 bits per heavy atom. The molecule has 3 amide bonds. The van der Waals surface area contributed by atoms with Crippen LogP contribution in [0.25, 0.3) is 0 Å². The third-order valence-corrected chi connectivity index (χ3v) is 7.60. The molecule has 1 unspecified atom stereocenters. The molecule has 2 aromatic rings. The quantitative estimate of drug-likeness (QED) is 0.290. The van der Waals surface area contributed by atoms with Gasteiger partial charge in [-0.1, -0.05) is 70.6 Å². The molecule has 0 aromatic heterocycles. The fourth-order valence-corrected chi connectivity index (χ4v) is 5.29. The van der Waals surface area contributed by atoms with Gasteiger partial charge < -0.3 is 20.4 Å². The third kappa shape index (κ3) is 11.4. The average molecular weight is 573 g/mol. The van der Waals surface area contributed by atoms with Crippen LogP contribution >= 0.6 is 0 Å². The maximum atomic E-state index is 13.6. The summed E-state index contributed by atoms with van der Waals surface area (Å²) < 4.78 is 0. The van der Waals surface area contributed by atoms with E-state index in [1.54, 1.807) is 0 Å². The number of nitrogens with zero attached hydrogens (tertiary/aromatic N) is 2. The molecule has 228 valence electrons. The number of benzene rings is 2. The maximum absolute atomic E-state index is 13.6. The molecule has 0 bridgehead atoms. The van der Waals surface area contributed by atoms with Crippen molar-refractivity contribution < 1.29 is 9.59 Å². The van der Waals surface area contributed by atoms with E-state index in [1.807, 2.05) is 35.2 Å². The third-order valence-electron chi connectivity index (χ3n) is 7.60. The van der Waals surface area contributed by atoms with Crippen LogP contribution < -0.4 is 15.5 Å². The van der Waals surface area contributed by atoms with Gasteiger partial charge in [0.1, 0.15) is 6.04 Å². The highest BCUT2D eigenvalue weighted by molar-refractivity contribution is 5.87. The predicted octanol–water partition coefficient (Wildman–Crippen LogP) is 6.83. The molecule has 0 aliphatic carbocycles. The zero-order valence-corrected chi connectivity index (χ0v) is 26.7. The van der Waals surface area contributed by atoms with Crippen molar-refractivity contribution in [2.45, 2.75) is 91.6 Å². The molecule has 42 heavy (non-hydrogen) atoms. The standard InChI is InChI=1S/C36H52N4O2/c1-28(2)22-25-40(32-20-18-31(19-21-32)17-16-30-14-10-9-11-15-30)27-36(5,6)38-34(41)33(26-29(3)4)37-35(42)39-23-12-7-8-13-24-39/h9-11,14-15,18-21,28-29,33H,7-8,12-13,22-27H2,1-6H3,(H,37,42)(H,38,41). The fraction of sp³-hybridized carbons (Fsp3) is 0.556. The van der Waals surface area contributed by atoms with E-state index >= 15 is 0 Å². The van der Waals surface area contributed by atoms with E-state index in [1.165, 1.54) is 0 Å². The van der Waals surface area contributed by atoms with Crippen LogP contribution in [0.4, 0.5) is 10.5 Å². The summed E-state index contributed by atoms with van der Waals surface area (Å²) >= 11 is 0. The molecular weight excluding hydrogens is 520 g/mol. The highest BCUT2D eigenvalue weighted by atomic mass is 16.2. The summed E-state index contributed by atoms with van der Waals surface area (Å²) in [7, 11) is 0. The van der Waals surface area contributed by atoms with Gasteiger partial charge in [0, 0.05) is 43.0 Å². The Hall–Kier alpha value is -3.46. The number of carbonyl (C=O) groups excluding carboxylic acids is 2. The lowest BCUT2D eigenvalue weighted by atomic mass is 9.99. The van der Waals surface area contributed by atoms with Crippen molar-refractivity contribution in [1.29, 1.82) is 0 Å². The first-order chi connectivity index (χ1) is 20.0. The number of hydrogen-bond donors (Lipinski definition) is 2. The second-order valence-electron chi connectivity index (χ2n) is 13.2. The first-order valence-corrected chi connectivity index (χ1v) is 15.8. The van der Waals surface area contributed by atoms with E-state index in [2.05, 4.69) is 93.2 Å². The largest absolute Gasteiger partial charge is 0.369 e. The number of amides is 3. The van der Waals surface area contributed by atoms with Gasteiger partial charge in [-0.3, -0.25) is 4.79 Å². The van der Waals surface area contributed by atoms with Crippen LogP contribution in [-0.2, 0) is 4.79 Å². The van der Waals surface area contributed by atoms with Gasteiger partial charge in [0.25, 0.3) is 0 Å². The molecule has 2 aromatic carbocycles. The van der Waals surface area contributed by atoms with Crippen molar-refractivity contribution in [3.63, 3.8) is 0 Å². The Bertz CT molecular complexity index is 1170. The van der Waals surface area contributed by atoms with Gasteiger partial charge in [0.15, 0.2) is 0 Å². The van der Waals surface area contributed by atoms with Gasteiger partial charge in [-0.05, 0) is 87.8 Å². The first-order valence-electron chi connectivity index (χ1n) is 15.8. The van der Waals surface area contributed by atoms with Crippen LogP contribution in [-0.4, -0.2) is 54.6 Å². The molecule has 6 nitrogen and oxygen atoms in total. The van der Waals surface area contributed by atoms with E-state index < -0.39 is 11.6 Å². The molecule has 0 saturated carbocycles. The normalized spacial score (nSPS) is 14.5. The maximum Gasteiger partial charge on any atom is 0.318 e. The monoisotopic (exact) mass is 572 g/mol. The molecule has 1 saturated heterocycles. The zero-order chi connectivity index (χ0) is 30.5. The second kappa shape index (κ2) is 16.2. The van der Waals surface area contributed by atoms with Gasteiger partial charge in [0.2, 0.25) is 5.91 Å². The molecule has 1 atom stereocenters. The van der Waals surface area contributed by atoms with Crippen molar-refractivity contribution in [2.24, 2.45) is 11.8 Å². The molecule has 1 aliphatic heterocycles. The lowest BCUT2D eigenvalue weighted by Crippen LogP contribution is -2.58. The van der Waals surface area contributed by atoms with Crippen molar-refractivity contribution in [3.05, 3.63) is 65.7 Å². The summed E-state index contributed by atoms with van der Waals surface area (Å²) in [6.45, 7) is 15.8. The van der Waals surface area contributed by atoms with Crippen LogP contribution in [0.3, 0.4) is 0 Å². The second-order valence-corrected chi connectivity index (χ2v) is 13.2. The summed E-state index contributed by atoms with van der Waals surface area (Å²) in [4.78, 5) is 30.9. The van der Waals surface area contributed by atoms with Crippen molar-refractivity contribution in [2.75, 3.05) is 31.1 Å². The molecule has 1 aliphatic rings. The number of nitrogens with one attached hydrogen (secondary N) is 2. The van der Waals surface area contributed by atoms with Crippen molar-refractivity contribution in [3.8, 4) is 11.8 Å². The molecule has 0 radical (unpaired) electrons. The van der Waals surface area contributed by atoms with Crippen molar-refractivity contribution >= 4 is 17.6 Å². The van der Waals surface area contributed by atoms with Gasteiger partial charge in [-0.2, -0.15) is 0 Å². The lowest BCUT2D eigenvalue weighted by Gasteiger charge is -2.36. The molecule has 0 spiro atoms. The predicted molar refractivity (Wildman–Crippen MR) is 175 cm³/mol. The van der Waals surface area contributed by atoms with Gasteiger partial charge >= 0.3 is 6.03 Å². The SMILES string of the molecule is CC(C)CCN(CC(C)(C)NC(=O)C(CC(C)C)NC(=O)N1CCCCCC1)c1ccc(C#Cc2ccccc2)cc1. The summed E-state index contributed by atoms with van der Waals surface area (Å²) in [6, 6.07) is 17.7. The summed E-state index contributed by atoms with van der Waals surface area (Å²) in [5, 5.41) is 6.36. The van der Waals surface area contributed by atoms with Gasteiger partial charge in [-0.25, -0.2) is 4.79 Å². The van der Waals surface area contributed by atoms with Gasteiger partial charge in [-0.15, -0.1) is 0 Å². The number of urea groups is 1. The van der Waals surface area contributed by atoms with E-state index in [0.29, 0.717) is 18.9 Å². The molecule has 1 heterocycles. The topological polar surface area (TPSA) is 64.7 Å². The fourth-order valence-electron chi connectivity index (χ4n) is 5.29. The minimum atomic E-state index is -0.563. The first kappa shape index (κ1) is 33.0. The van der Waals surface area contributed by atoms with Crippen molar-refractivity contribution in [1.82, 2.24) is 15.5 Å². The van der Waals surface area contributed by atoms with E-state index in [9.17, 15) is 9.59 Å². The van der Waals surface area contributed by atoms with Gasteiger partial charge in [0.05, 0.1) is 5.54 Å². The summed E-state index contributed by atoms with van der Waals surface area (Å²) in [5.41, 5.74) is 2.56. The van der Waals surface area contributed by atoms with Crippen LogP contribution in [0.1, 0.15) is 91.2 Å². The smallest absolute Gasteiger partial charge is 0.318 e. The average Bonchev–Trinajstić information content (AvgIpc) is 3.24. The molecule has 3 rings (SSSR count). The van der Waals surface area contributed by atoms with E-state index in [-0.39, 0.29) is 17.9 Å². The zero-order valence-electron chi connectivity index (χ0n) is 26.7.